The molecule has 5 nitrogen and oxygen atoms in total. The molecule has 0 saturated carbocycles. The summed E-state index contributed by atoms with van der Waals surface area (Å²) in [6, 6.07) is -0.164. The maximum absolute atomic E-state index is 12.6. The first-order chi connectivity index (χ1) is 9.44. The number of nitrogens with zero attached hydrogens (tertiary/aromatic N) is 2. The molecule has 0 spiro atoms. The van der Waals surface area contributed by atoms with Crippen molar-refractivity contribution in [2.75, 3.05) is 19.6 Å². The minimum absolute atomic E-state index is 0.0324. The first-order valence-corrected chi connectivity index (χ1v) is 7.72. The number of urea groups is 1. The molecule has 1 N–H and O–H groups in total. The van der Waals surface area contributed by atoms with Crippen molar-refractivity contribution in [1.82, 2.24) is 9.80 Å². The lowest BCUT2D eigenvalue weighted by Gasteiger charge is -2.31. The molecule has 2 unspecified atom stereocenters. The van der Waals surface area contributed by atoms with Crippen molar-refractivity contribution in [2.45, 2.75) is 52.5 Å². The summed E-state index contributed by atoms with van der Waals surface area (Å²) in [5.74, 6) is -1.20. The number of hydrogen-bond acceptors (Lipinski definition) is 2. The van der Waals surface area contributed by atoms with Gasteiger partial charge >= 0.3 is 12.0 Å². The molecule has 0 aromatic heterocycles. The molecule has 0 radical (unpaired) electrons. The fourth-order valence-corrected chi connectivity index (χ4v) is 3.65. The molecular formula is C15H26N2O3. The van der Waals surface area contributed by atoms with Gasteiger partial charge in [0.15, 0.2) is 0 Å². The zero-order valence-corrected chi connectivity index (χ0v) is 12.8. The van der Waals surface area contributed by atoms with Gasteiger partial charge in [-0.15, -0.1) is 0 Å². The van der Waals surface area contributed by atoms with Crippen molar-refractivity contribution in [3.63, 3.8) is 0 Å². The largest absolute Gasteiger partial charge is 0.481 e. The normalized spacial score (nSPS) is 28.9. The maximum atomic E-state index is 12.6. The Morgan fingerprint density at radius 3 is 2.35 bits per heavy atom. The smallest absolute Gasteiger partial charge is 0.320 e. The summed E-state index contributed by atoms with van der Waals surface area (Å²) < 4.78 is 0. The van der Waals surface area contributed by atoms with Crippen molar-refractivity contribution in [3.8, 4) is 0 Å². The molecule has 20 heavy (non-hydrogen) atoms. The highest BCUT2D eigenvalue weighted by atomic mass is 16.4. The molecule has 2 atom stereocenters. The van der Waals surface area contributed by atoms with Gasteiger partial charge in [0.05, 0.1) is 5.92 Å². The first-order valence-electron chi connectivity index (χ1n) is 7.72. The average Bonchev–Trinajstić information content (AvgIpc) is 3.02. The van der Waals surface area contributed by atoms with Crippen LogP contribution in [-0.2, 0) is 4.79 Å². The number of carboxylic acids is 1. The third kappa shape index (κ3) is 2.50. The lowest BCUT2D eigenvalue weighted by Crippen LogP contribution is -2.46. The number of aliphatic carboxylic acids is 1. The lowest BCUT2D eigenvalue weighted by atomic mass is 9.82. The minimum atomic E-state index is -0.786. The standard InChI is InChI=1S/C15H26N2O3/c1-4-15(5-2)7-9-16(10-15)14(20)17-8-6-12(11(17)3)13(18)19/h11-12H,4-10H2,1-3H3,(H,18,19). The molecule has 2 fully saturated rings. The Bertz CT molecular complexity index is 393. The number of likely N-dealkylation sites (tertiary alicyclic amines) is 2. The van der Waals surface area contributed by atoms with Crippen LogP contribution in [0.3, 0.4) is 0 Å². The van der Waals surface area contributed by atoms with E-state index in [1.54, 1.807) is 4.90 Å². The van der Waals surface area contributed by atoms with Crippen LogP contribution in [0.5, 0.6) is 0 Å². The quantitative estimate of drug-likeness (QED) is 0.864. The van der Waals surface area contributed by atoms with Gasteiger partial charge in [-0.1, -0.05) is 13.8 Å². The van der Waals surface area contributed by atoms with Gasteiger partial charge in [0.25, 0.3) is 0 Å². The Morgan fingerprint density at radius 1 is 1.25 bits per heavy atom. The van der Waals surface area contributed by atoms with E-state index in [1.807, 2.05) is 11.8 Å². The van der Waals surface area contributed by atoms with Gasteiger partial charge in [-0.25, -0.2) is 4.79 Å². The molecule has 2 heterocycles. The molecule has 2 rings (SSSR count). The fraction of sp³-hybridized carbons (Fsp3) is 0.867. The van der Waals surface area contributed by atoms with E-state index in [2.05, 4.69) is 13.8 Å². The first kappa shape index (κ1) is 15.1. The summed E-state index contributed by atoms with van der Waals surface area (Å²) in [6.45, 7) is 8.43. The molecule has 0 aromatic rings. The monoisotopic (exact) mass is 282 g/mol. The van der Waals surface area contributed by atoms with Crippen LogP contribution in [0.4, 0.5) is 4.79 Å². The van der Waals surface area contributed by atoms with Crippen molar-refractivity contribution < 1.29 is 14.7 Å². The number of carbonyl (C=O) groups excluding carboxylic acids is 1. The number of hydrogen-bond donors (Lipinski definition) is 1. The van der Waals surface area contributed by atoms with E-state index in [1.165, 1.54) is 0 Å². The van der Waals surface area contributed by atoms with E-state index in [4.69, 9.17) is 5.11 Å². The van der Waals surface area contributed by atoms with Crippen LogP contribution in [0, 0.1) is 11.3 Å². The Morgan fingerprint density at radius 2 is 1.90 bits per heavy atom. The van der Waals surface area contributed by atoms with E-state index < -0.39 is 11.9 Å². The molecule has 0 aromatic carbocycles. The van der Waals surface area contributed by atoms with E-state index in [0.717, 1.165) is 32.4 Å². The zero-order chi connectivity index (χ0) is 14.9. The van der Waals surface area contributed by atoms with Crippen LogP contribution in [0.1, 0.15) is 46.5 Å². The lowest BCUT2D eigenvalue weighted by molar-refractivity contribution is -0.142. The van der Waals surface area contributed by atoms with Gasteiger partial charge in [-0.2, -0.15) is 0 Å². The predicted octanol–water partition coefficient (Wildman–Crippen LogP) is 2.41. The minimum Gasteiger partial charge on any atom is -0.481 e. The van der Waals surface area contributed by atoms with Gasteiger partial charge in [-0.3, -0.25) is 4.79 Å². The second-order valence-corrected chi connectivity index (χ2v) is 6.33. The molecule has 0 bridgehead atoms. The second-order valence-electron chi connectivity index (χ2n) is 6.33. The highest BCUT2D eigenvalue weighted by molar-refractivity contribution is 5.78. The van der Waals surface area contributed by atoms with Crippen molar-refractivity contribution in [3.05, 3.63) is 0 Å². The summed E-state index contributed by atoms with van der Waals surface area (Å²) in [7, 11) is 0. The topological polar surface area (TPSA) is 60.9 Å². The van der Waals surface area contributed by atoms with Crippen molar-refractivity contribution in [1.29, 1.82) is 0 Å². The third-order valence-electron chi connectivity index (χ3n) is 5.53. The highest BCUT2D eigenvalue weighted by Gasteiger charge is 2.43. The van der Waals surface area contributed by atoms with Crippen molar-refractivity contribution >= 4 is 12.0 Å². The number of carbonyl (C=O) groups is 2. The van der Waals surface area contributed by atoms with Gasteiger partial charge in [0.1, 0.15) is 0 Å². The summed E-state index contributed by atoms with van der Waals surface area (Å²) >= 11 is 0. The van der Waals surface area contributed by atoms with E-state index in [0.29, 0.717) is 13.0 Å². The molecule has 0 aliphatic carbocycles. The van der Waals surface area contributed by atoms with Crippen LogP contribution in [0.15, 0.2) is 0 Å². The second kappa shape index (κ2) is 5.62. The van der Waals surface area contributed by atoms with Gasteiger partial charge in [0.2, 0.25) is 0 Å². The average molecular weight is 282 g/mol. The van der Waals surface area contributed by atoms with Crippen LogP contribution in [0.25, 0.3) is 0 Å². The Kier molecular flexibility index (Phi) is 4.25. The Labute approximate surface area is 120 Å². The van der Waals surface area contributed by atoms with Crippen molar-refractivity contribution in [2.24, 2.45) is 11.3 Å². The van der Waals surface area contributed by atoms with Gasteiger partial charge in [-0.05, 0) is 38.0 Å². The Balaban J connectivity index is 2.01. The molecule has 114 valence electrons. The molecular weight excluding hydrogens is 256 g/mol. The third-order valence-corrected chi connectivity index (χ3v) is 5.53. The number of amides is 2. The van der Waals surface area contributed by atoms with Crippen LogP contribution < -0.4 is 0 Å². The van der Waals surface area contributed by atoms with Gasteiger partial charge in [0, 0.05) is 25.7 Å². The van der Waals surface area contributed by atoms with E-state index in [-0.39, 0.29) is 17.5 Å². The van der Waals surface area contributed by atoms with Crippen LogP contribution in [0.2, 0.25) is 0 Å². The summed E-state index contributed by atoms with van der Waals surface area (Å²) in [5, 5.41) is 9.16. The summed E-state index contributed by atoms with van der Waals surface area (Å²) in [5.41, 5.74) is 0.269. The summed E-state index contributed by atoms with van der Waals surface area (Å²) in [6.07, 6.45) is 3.83. The molecule has 2 amide bonds. The van der Waals surface area contributed by atoms with E-state index >= 15 is 0 Å². The highest BCUT2D eigenvalue weighted by Crippen LogP contribution is 2.38. The van der Waals surface area contributed by atoms with Crippen LogP contribution in [-0.4, -0.2) is 52.6 Å². The van der Waals surface area contributed by atoms with E-state index in [9.17, 15) is 9.59 Å². The fourth-order valence-electron chi connectivity index (χ4n) is 3.65. The zero-order valence-electron chi connectivity index (χ0n) is 12.8. The molecule has 2 aliphatic rings. The molecule has 2 aliphatic heterocycles. The number of carboxylic acid groups (broad SMARTS) is 1. The van der Waals surface area contributed by atoms with Gasteiger partial charge < -0.3 is 14.9 Å². The number of rotatable bonds is 3. The molecule has 5 heteroatoms. The predicted molar refractivity (Wildman–Crippen MR) is 76.5 cm³/mol. The molecule has 2 saturated heterocycles. The van der Waals surface area contributed by atoms with Crippen LogP contribution >= 0.6 is 0 Å². The maximum Gasteiger partial charge on any atom is 0.320 e. The Hall–Kier alpha value is -1.26. The SMILES string of the molecule is CCC1(CC)CCN(C(=O)N2CCC(C(=O)O)C2C)C1. The summed E-state index contributed by atoms with van der Waals surface area (Å²) in [4.78, 5) is 27.4.